The van der Waals surface area contributed by atoms with Crippen LogP contribution < -0.4 is 9.47 Å². The van der Waals surface area contributed by atoms with E-state index in [9.17, 15) is 4.39 Å². The van der Waals surface area contributed by atoms with Crippen LogP contribution in [-0.2, 0) is 0 Å². The van der Waals surface area contributed by atoms with E-state index in [4.69, 9.17) is 20.0 Å². The second-order valence-corrected chi connectivity index (χ2v) is 3.01. The molecule has 0 heterocycles. The highest BCUT2D eigenvalue weighted by molar-refractivity contribution is 5.67. The van der Waals surface area contributed by atoms with Crippen molar-refractivity contribution >= 4 is 6.08 Å². The molecule has 0 saturated heterocycles. The Morgan fingerprint density at radius 2 is 1.88 bits per heavy atom. The molecule has 0 aliphatic carbocycles. The fourth-order valence-corrected chi connectivity index (χ4v) is 1.23. The summed E-state index contributed by atoms with van der Waals surface area (Å²) in [6, 6.07) is 5.93. The van der Waals surface area contributed by atoms with Gasteiger partial charge in [0.2, 0.25) is 0 Å². The van der Waals surface area contributed by atoms with Gasteiger partial charge in [-0.1, -0.05) is 0 Å². The first-order valence-electron chi connectivity index (χ1n) is 4.59. The number of hydrogen-bond donors (Lipinski definition) is 0. The third-order valence-corrected chi connectivity index (χ3v) is 2.05. The van der Waals surface area contributed by atoms with Gasteiger partial charge in [-0.2, -0.15) is 10.5 Å². The molecule has 0 amide bonds. The summed E-state index contributed by atoms with van der Waals surface area (Å²) in [7, 11) is 2.77. The van der Waals surface area contributed by atoms with Crippen molar-refractivity contribution in [3.8, 4) is 23.6 Å². The predicted molar refractivity (Wildman–Crippen MR) is 58.7 cm³/mol. The zero-order chi connectivity index (χ0) is 12.8. The Kier molecular flexibility index (Phi) is 4.08. The van der Waals surface area contributed by atoms with Crippen molar-refractivity contribution in [2.45, 2.75) is 0 Å². The lowest BCUT2D eigenvalue weighted by atomic mass is 10.1. The number of methoxy groups -OCH3 is 2. The number of nitrogens with zero attached hydrogens (tertiary/aromatic N) is 2. The molecule has 0 fully saturated rings. The molecule has 17 heavy (non-hydrogen) atoms. The van der Waals surface area contributed by atoms with E-state index >= 15 is 0 Å². The van der Waals surface area contributed by atoms with Crippen LogP contribution in [0.25, 0.3) is 6.08 Å². The summed E-state index contributed by atoms with van der Waals surface area (Å²) in [5, 5.41) is 17.2. The quantitative estimate of drug-likeness (QED) is 0.750. The largest absolute Gasteiger partial charge is 0.497 e. The van der Waals surface area contributed by atoms with E-state index in [0.717, 1.165) is 12.1 Å². The molecule has 0 N–H and O–H groups in total. The second-order valence-electron chi connectivity index (χ2n) is 3.01. The smallest absolute Gasteiger partial charge is 0.137 e. The minimum absolute atomic E-state index is 0.0476. The summed E-state index contributed by atoms with van der Waals surface area (Å²) in [6.45, 7) is 0. The van der Waals surface area contributed by atoms with E-state index < -0.39 is 5.82 Å². The SMILES string of the molecule is COc1cc(F)c(C=C(C#N)C#N)c(OC)c1. The van der Waals surface area contributed by atoms with Crippen LogP contribution in [0.4, 0.5) is 4.39 Å². The Morgan fingerprint density at radius 3 is 2.35 bits per heavy atom. The van der Waals surface area contributed by atoms with Crippen molar-refractivity contribution in [1.82, 2.24) is 0 Å². The van der Waals surface area contributed by atoms with Gasteiger partial charge < -0.3 is 9.47 Å². The van der Waals surface area contributed by atoms with Crippen molar-refractivity contribution in [3.63, 3.8) is 0 Å². The summed E-state index contributed by atoms with van der Waals surface area (Å²) in [6.07, 6.45) is 1.13. The van der Waals surface area contributed by atoms with Gasteiger partial charge in [0.25, 0.3) is 0 Å². The summed E-state index contributed by atoms with van der Waals surface area (Å²) in [4.78, 5) is 0. The van der Waals surface area contributed by atoms with Crippen LogP contribution in [0.1, 0.15) is 5.56 Å². The van der Waals surface area contributed by atoms with E-state index in [1.165, 1.54) is 20.3 Å². The third-order valence-electron chi connectivity index (χ3n) is 2.05. The zero-order valence-corrected chi connectivity index (χ0v) is 9.32. The van der Waals surface area contributed by atoms with Gasteiger partial charge in [-0.05, 0) is 6.08 Å². The zero-order valence-electron chi connectivity index (χ0n) is 9.32. The molecule has 5 heteroatoms. The molecule has 0 bridgehead atoms. The Bertz CT molecular complexity index is 523. The van der Waals surface area contributed by atoms with Crippen molar-refractivity contribution in [2.75, 3.05) is 14.2 Å². The molecule has 0 aromatic heterocycles. The lowest BCUT2D eigenvalue weighted by molar-refractivity contribution is 0.388. The fraction of sp³-hybridized carbons (Fsp3) is 0.167. The standard InChI is InChI=1S/C12H9FN2O2/c1-16-9-4-11(13)10(12(5-9)17-2)3-8(6-14)7-15/h3-5H,1-2H3. The Balaban J connectivity index is 3.40. The molecule has 86 valence electrons. The van der Waals surface area contributed by atoms with Crippen molar-refractivity contribution in [2.24, 2.45) is 0 Å². The number of nitriles is 2. The highest BCUT2D eigenvalue weighted by Crippen LogP contribution is 2.29. The second kappa shape index (κ2) is 5.53. The third kappa shape index (κ3) is 2.73. The van der Waals surface area contributed by atoms with Crippen LogP contribution in [-0.4, -0.2) is 14.2 Å². The molecule has 1 aromatic carbocycles. The topological polar surface area (TPSA) is 66.0 Å². The molecular formula is C12H9FN2O2. The normalized spacial score (nSPS) is 8.76. The molecule has 0 atom stereocenters. The maximum atomic E-state index is 13.7. The van der Waals surface area contributed by atoms with Gasteiger partial charge in [0.05, 0.1) is 19.8 Å². The number of allylic oxidation sites excluding steroid dienone is 1. The van der Waals surface area contributed by atoms with Crippen LogP contribution in [0, 0.1) is 28.5 Å². The molecule has 1 aromatic rings. The molecular weight excluding hydrogens is 223 g/mol. The highest BCUT2D eigenvalue weighted by Gasteiger charge is 2.11. The van der Waals surface area contributed by atoms with Gasteiger partial charge in [0.15, 0.2) is 0 Å². The molecule has 0 unspecified atom stereocenters. The summed E-state index contributed by atoms with van der Waals surface area (Å²) >= 11 is 0. The average molecular weight is 232 g/mol. The lowest BCUT2D eigenvalue weighted by Gasteiger charge is -2.08. The van der Waals surface area contributed by atoms with E-state index in [1.807, 2.05) is 0 Å². The summed E-state index contributed by atoms with van der Waals surface area (Å²) in [5.74, 6) is -0.124. The number of halogens is 1. The lowest BCUT2D eigenvalue weighted by Crippen LogP contribution is -1.94. The van der Waals surface area contributed by atoms with Crippen LogP contribution in [0.3, 0.4) is 0 Å². The Labute approximate surface area is 98.1 Å². The Hall–Kier alpha value is -2.53. The molecule has 1 rings (SSSR count). The van der Waals surface area contributed by atoms with Gasteiger partial charge >= 0.3 is 0 Å². The number of rotatable bonds is 3. The Morgan fingerprint density at radius 1 is 1.24 bits per heavy atom. The van der Waals surface area contributed by atoms with Crippen LogP contribution in [0.15, 0.2) is 17.7 Å². The molecule has 0 aliphatic heterocycles. The highest BCUT2D eigenvalue weighted by atomic mass is 19.1. The van der Waals surface area contributed by atoms with Gasteiger partial charge in [0, 0.05) is 12.1 Å². The van der Waals surface area contributed by atoms with Gasteiger partial charge in [-0.15, -0.1) is 0 Å². The molecule has 0 radical (unpaired) electrons. The maximum absolute atomic E-state index is 13.7. The van der Waals surface area contributed by atoms with Crippen molar-refractivity contribution in [3.05, 3.63) is 29.1 Å². The number of ether oxygens (including phenoxy) is 2. The summed E-state index contributed by atoms with van der Waals surface area (Å²) < 4.78 is 23.5. The molecule has 0 saturated carbocycles. The molecule has 0 spiro atoms. The van der Waals surface area contributed by atoms with Crippen LogP contribution in [0.2, 0.25) is 0 Å². The number of benzene rings is 1. The van der Waals surface area contributed by atoms with Crippen molar-refractivity contribution < 1.29 is 13.9 Å². The van der Waals surface area contributed by atoms with Gasteiger partial charge in [-0.25, -0.2) is 4.39 Å². The van der Waals surface area contributed by atoms with E-state index in [1.54, 1.807) is 12.1 Å². The average Bonchev–Trinajstić information content (AvgIpc) is 2.36. The minimum atomic E-state index is -0.621. The first-order valence-corrected chi connectivity index (χ1v) is 4.59. The van der Waals surface area contributed by atoms with E-state index in [0.29, 0.717) is 5.75 Å². The summed E-state index contributed by atoms with van der Waals surface area (Å²) in [5.41, 5.74) is -0.154. The monoisotopic (exact) mass is 232 g/mol. The van der Waals surface area contributed by atoms with Crippen molar-refractivity contribution in [1.29, 1.82) is 10.5 Å². The van der Waals surface area contributed by atoms with Gasteiger partial charge in [-0.3, -0.25) is 0 Å². The molecule has 4 nitrogen and oxygen atoms in total. The van der Waals surface area contributed by atoms with Crippen LogP contribution >= 0.6 is 0 Å². The van der Waals surface area contributed by atoms with Gasteiger partial charge in [0.1, 0.15) is 35.0 Å². The predicted octanol–water partition coefficient (Wildman–Crippen LogP) is 2.27. The minimum Gasteiger partial charge on any atom is -0.497 e. The van der Waals surface area contributed by atoms with E-state index in [-0.39, 0.29) is 16.9 Å². The van der Waals surface area contributed by atoms with Crippen LogP contribution in [0.5, 0.6) is 11.5 Å². The molecule has 0 aliphatic rings. The number of hydrogen-bond acceptors (Lipinski definition) is 4. The fourth-order valence-electron chi connectivity index (χ4n) is 1.23. The first kappa shape index (κ1) is 12.5. The van der Waals surface area contributed by atoms with E-state index in [2.05, 4.69) is 0 Å². The first-order chi connectivity index (χ1) is 8.15. The maximum Gasteiger partial charge on any atom is 0.137 e.